The first-order valence-electron chi connectivity index (χ1n) is 10.0. The lowest BCUT2D eigenvalue weighted by Crippen LogP contribution is -2.40. The molecule has 2 aromatic rings. The molecule has 0 saturated heterocycles. The fourth-order valence-electron chi connectivity index (χ4n) is 4.04. The predicted molar refractivity (Wildman–Crippen MR) is 105 cm³/mol. The van der Waals surface area contributed by atoms with Gasteiger partial charge in [0.25, 0.3) is 0 Å². The molecule has 0 saturated carbocycles. The maximum Gasteiger partial charge on any atom is 0.234 e. The van der Waals surface area contributed by atoms with Gasteiger partial charge in [0, 0.05) is 24.3 Å². The number of rotatable bonds is 6. The summed E-state index contributed by atoms with van der Waals surface area (Å²) in [6, 6.07) is 5.86. The number of methoxy groups -OCH3 is 1. The van der Waals surface area contributed by atoms with E-state index >= 15 is 0 Å². The van der Waals surface area contributed by atoms with Crippen molar-refractivity contribution in [2.45, 2.75) is 51.8 Å². The number of hydrogen-bond donors (Lipinski definition) is 2. The number of H-pyrrole nitrogens is 1. The van der Waals surface area contributed by atoms with Gasteiger partial charge in [-0.25, -0.2) is 0 Å². The number of carbonyl (C=O) groups is 1. The maximum atomic E-state index is 12.6. The van der Waals surface area contributed by atoms with Crippen LogP contribution in [0.2, 0.25) is 0 Å². The second-order valence-electron chi connectivity index (χ2n) is 7.55. The van der Waals surface area contributed by atoms with Crippen molar-refractivity contribution in [1.29, 1.82) is 0 Å². The Bertz CT molecular complexity index is 848. The molecule has 0 bridgehead atoms. The molecule has 1 aromatic carbocycles. The molecular formula is C21H28N4O3. The van der Waals surface area contributed by atoms with Gasteiger partial charge in [0.1, 0.15) is 17.6 Å². The van der Waals surface area contributed by atoms with Crippen molar-refractivity contribution >= 4 is 5.91 Å². The van der Waals surface area contributed by atoms with Gasteiger partial charge >= 0.3 is 0 Å². The molecule has 0 radical (unpaired) electrons. The van der Waals surface area contributed by atoms with E-state index in [9.17, 15) is 4.79 Å². The summed E-state index contributed by atoms with van der Waals surface area (Å²) in [6.07, 6.45) is 4.24. The summed E-state index contributed by atoms with van der Waals surface area (Å²) >= 11 is 0. The molecule has 2 heterocycles. The van der Waals surface area contributed by atoms with Crippen LogP contribution in [0.15, 0.2) is 18.2 Å². The smallest absolute Gasteiger partial charge is 0.234 e. The van der Waals surface area contributed by atoms with Crippen LogP contribution in [0.4, 0.5) is 0 Å². The van der Waals surface area contributed by atoms with E-state index in [1.54, 1.807) is 7.11 Å². The zero-order valence-electron chi connectivity index (χ0n) is 16.6. The Labute approximate surface area is 165 Å². The Kier molecular flexibility index (Phi) is 5.52. The first-order valence-corrected chi connectivity index (χ1v) is 10.0. The molecule has 0 fully saturated rings. The van der Waals surface area contributed by atoms with E-state index in [1.807, 2.05) is 18.2 Å². The summed E-state index contributed by atoms with van der Waals surface area (Å²) in [6.45, 7) is 4.31. The lowest BCUT2D eigenvalue weighted by atomic mass is 10.1. The predicted octanol–water partition coefficient (Wildman–Crippen LogP) is 2.20. The molecule has 28 heavy (non-hydrogen) atoms. The number of fused-ring (bicyclic) bond motifs is 2. The molecule has 150 valence electrons. The quantitative estimate of drug-likeness (QED) is 0.798. The number of aryl methyl sites for hydroxylation is 1. The van der Waals surface area contributed by atoms with Gasteiger partial charge in [-0.2, -0.15) is 5.10 Å². The van der Waals surface area contributed by atoms with Gasteiger partial charge in [0.2, 0.25) is 5.91 Å². The molecule has 7 nitrogen and oxygen atoms in total. The minimum absolute atomic E-state index is 0.0101. The largest absolute Gasteiger partial charge is 0.497 e. The monoisotopic (exact) mass is 384 g/mol. The third-order valence-corrected chi connectivity index (χ3v) is 5.58. The molecule has 1 atom stereocenters. The van der Waals surface area contributed by atoms with E-state index in [2.05, 4.69) is 27.3 Å². The average Bonchev–Trinajstić information content (AvgIpc) is 3.26. The first-order chi connectivity index (χ1) is 13.7. The number of hydrogen-bond acceptors (Lipinski definition) is 5. The summed E-state index contributed by atoms with van der Waals surface area (Å²) in [5, 5.41) is 10.5. The number of carbonyl (C=O) groups excluding carboxylic acids is 1. The van der Waals surface area contributed by atoms with Crippen molar-refractivity contribution in [2.24, 2.45) is 0 Å². The molecule has 0 spiro atoms. The van der Waals surface area contributed by atoms with Crippen LogP contribution >= 0.6 is 0 Å². The molecule has 4 rings (SSSR count). The highest BCUT2D eigenvalue weighted by Gasteiger charge is 2.24. The van der Waals surface area contributed by atoms with Crippen LogP contribution in [-0.2, 0) is 30.7 Å². The molecule has 2 aliphatic rings. The third kappa shape index (κ3) is 3.99. The summed E-state index contributed by atoms with van der Waals surface area (Å²) in [4.78, 5) is 14.7. The van der Waals surface area contributed by atoms with Gasteiger partial charge in [-0.05, 0) is 49.4 Å². The van der Waals surface area contributed by atoms with E-state index in [1.165, 1.54) is 17.7 Å². The van der Waals surface area contributed by atoms with Crippen molar-refractivity contribution in [2.75, 3.05) is 20.2 Å². The van der Waals surface area contributed by atoms with Gasteiger partial charge in [-0.3, -0.25) is 14.8 Å². The van der Waals surface area contributed by atoms with Crippen LogP contribution in [0.25, 0.3) is 0 Å². The standard InChI is InChI=1S/C21H28N4O3/c1-3-15-12-25(11-14-9-16(27-2)7-8-20(14)28-15)13-21(26)22-10-19-17-5-4-6-18(17)23-24-19/h7-9,15H,3-6,10-13H2,1-2H3,(H,22,26)(H,23,24). The fraction of sp³-hybridized carbons (Fsp3) is 0.524. The minimum atomic E-state index is 0.0101. The van der Waals surface area contributed by atoms with E-state index in [4.69, 9.17) is 9.47 Å². The molecular weight excluding hydrogens is 356 g/mol. The van der Waals surface area contributed by atoms with Crippen LogP contribution in [0, 0.1) is 0 Å². The van der Waals surface area contributed by atoms with E-state index in [-0.39, 0.29) is 12.0 Å². The highest BCUT2D eigenvalue weighted by Crippen LogP contribution is 2.29. The topological polar surface area (TPSA) is 79.5 Å². The third-order valence-electron chi connectivity index (χ3n) is 5.58. The van der Waals surface area contributed by atoms with Crippen LogP contribution < -0.4 is 14.8 Å². The Morgan fingerprint density at radius 3 is 3.14 bits per heavy atom. The molecule has 1 aliphatic heterocycles. The summed E-state index contributed by atoms with van der Waals surface area (Å²) in [5.41, 5.74) is 4.54. The Hall–Kier alpha value is -2.54. The minimum Gasteiger partial charge on any atom is -0.497 e. The number of amides is 1. The van der Waals surface area contributed by atoms with Crippen molar-refractivity contribution in [3.05, 3.63) is 40.7 Å². The zero-order chi connectivity index (χ0) is 19.5. The summed E-state index contributed by atoms with van der Waals surface area (Å²) < 4.78 is 11.5. The average molecular weight is 384 g/mol. The number of aromatic amines is 1. The highest BCUT2D eigenvalue weighted by molar-refractivity contribution is 5.78. The van der Waals surface area contributed by atoms with Crippen LogP contribution in [0.1, 0.15) is 42.3 Å². The molecule has 1 unspecified atom stereocenters. The van der Waals surface area contributed by atoms with Crippen LogP contribution in [-0.4, -0.2) is 47.3 Å². The molecule has 1 amide bonds. The Morgan fingerprint density at radius 2 is 2.32 bits per heavy atom. The second kappa shape index (κ2) is 8.22. The van der Waals surface area contributed by atoms with Crippen LogP contribution in [0.5, 0.6) is 11.5 Å². The fourth-order valence-corrected chi connectivity index (χ4v) is 4.04. The van der Waals surface area contributed by atoms with E-state index in [0.29, 0.717) is 19.6 Å². The van der Waals surface area contributed by atoms with Gasteiger partial charge in [-0.1, -0.05) is 6.92 Å². The van der Waals surface area contributed by atoms with Crippen molar-refractivity contribution in [3.8, 4) is 11.5 Å². The molecule has 1 aromatic heterocycles. The van der Waals surface area contributed by atoms with E-state index < -0.39 is 0 Å². The van der Waals surface area contributed by atoms with Gasteiger partial charge in [0.15, 0.2) is 0 Å². The SMILES string of the molecule is CCC1CN(CC(=O)NCc2n[nH]c3c2CCC3)Cc2cc(OC)ccc2O1. The summed E-state index contributed by atoms with van der Waals surface area (Å²) in [7, 11) is 1.66. The Morgan fingerprint density at radius 1 is 1.43 bits per heavy atom. The highest BCUT2D eigenvalue weighted by atomic mass is 16.5. The van der Waals surface area contributed by atoms with Crippen LogP contribution in [0.3, 0.4) is 0 Å². The zero-order valence-corrected chi connectivity index (χ0v) is 16.6. The molecule has 1 aliphatic carbocycles. The number of ether oxygens (including phenoxy) is 2. The van der Waals surface area contributed by atoms with E-state index in [0.717, 1.165) is 48.6 Å². The number of aromatic nitrogens is 2. The number of nitrogens with one attached hydrogen (secondary N) is 2. The lowest BCUT2D eigenvalue weighted by molar-refractivity contribution is -0.122. The van der Waals surface area contributed by atoms with Gasteiger partial charge in [-0.15, -0.1) is 0 Å². The van der Waals surface area contributed by atoms with Gasteiger partial charge < -0.3 is 14.8 Å². The molecule has 7 heteroatoms. The summed E-state index contributed by atoms with van der Waals surface area (Å²) in [5.74, 6) is 1.69. The number of nitrogens with zero attached hydrogens (tertiary/aromatic N) is 2. The first kappa shape index (κ1) is 18.8. The second-order valence-corrected chi connectivity index (χ2v) is 7.55. The van der Waals surface area contributed by atoms with Crippen molar-refractivity contribution < 1.29 is 14.3 Å². The normalized spacial score (nSPS) is 18.7. The molecule has 2 N–H and O–H groups in total. The Balaban J connectivity index is 1.40. The van der Waals surface area contributed by atoms with Crippen molar-refractivity contribution in [3.63, 3.8) is 0 Å². The van der Waals surface area contributed by atoms with Crippen molar-refractivity contribution in [1.82, 2.24) is 20.4 Å². The van der Waals surface area contributed by atoms with Gasteiger partial charge in [0.05, 0.1) is 25.9 Å². The lowest BCUT2D eigenvalue weighted by Gasteiger charge is -2.22. The maximum absolute atomic E-state index is 12.6. The number of benzene rings is 1.